The maximum Gasteiger partial charge on any atom is 0.306 e. The van der Waals surface area contributed by atoms with Gasteiger partial charge in [0.1, 0.15) is 0 Å². The third-order valence-corrected chi connectivity index (χ3v) is 1.96. The topological polar surface area (TPSA) is 74.6 Å². The zero-order chi connectivity index (χ0) is 10.3. The van der Waals surface area contributed by atoms with Crippen LogP contribution in [0.1, 0.15) is 39.0 Å². The fourth-order valence-corrected chi connectivity index (χ4v) is 1.14. The van der Waals surface area contributed by atoms with Gasteiger partial charge >= 0.3 is 11.9 Å². The number of carboxylic acids is 2. The van der Waals surface area contributed by atoms with Crippen molar-refractivity contribution in [1.82, 2.24) is 0 Å². The van der Waals surface area contributed by atoms with E-state index in [1.807, 2.05) is 6.92 Å². The molecule has 1 atom stereocenters. The van der Waals surface area contributed by atoms with Crippen LogP contribution in [0.3, 0.4) is 0 Å². The zero-order valence-electron chi connectivity index (χ0n) is 8.53. The van der Waals surface area contributed by atoms with Crippen LogP contribution in [0.25, 0.3) is 0 Å². The van der Waals surface area contributed by atoms with Gasteiger partial charge < -0.3 is 10.2 Å². The maximum absolute atomic E-state index is 10.6. The van der Waals surface area contributed by atoms with Crippen LogP contribution in [0.5, 0.6) is 0 Å². The molecule has 4 nitrogen and oxygen atoms in total. The van der Waals surface area contributed by atoms with Crippen molar-refractivity contribution in [1.29, 1.82) is 0 Å². The Labute approximate surface area is 96.5 Å². The average Bonchev–Trinajstić information content (AvgIpc) is 2.03. The van der Waals surface area contributed by atoms with Gasteiger partial charge in [-0.05, 0) is 12.8 Å². The van der Waals surface area contributed by atoms with Gasteiger partial charge in [0, 0.05) is 25.9 Å². The van der Waals surface area contributed by atoms with E-state index >= 15 is 0 Å². The first-order valence-electron chi connectivity index (χ1n) is 4.52. The molecular weight excluding hydrogens is 237 g/mol. The number of aliphatic carboxylic acids is 2. The molecule has 0 aliphatic carbocycles. The molecule has 1 unspecified atom stereocenters. The van der Waals surface area contributed by atoms with Crippen LogP contribution >= 0.6 is 0 Å². The summed E-state index contributed by atoms with van der Waals surface area (Å²) in [5, 5.41) is 17.1. The van der Waals surface area contributed by atoms with Crippen molar-refractivity contribution in [3.63, 3.8) is 0 Å². The molecule has 0 bridgehead atoms. The van der Waals surface area contributed by atoms with Crippen molar-refractivity contribution in [2.45, 2.75) is 39.0 Å². The van der Waals surface area contributed by atoms with Gasteiger partial charge in [0.2, 0.25) is 0 Å². The van der Waals surface area contributed by atoms with Crippen molar-refractivity contribution in [3.05, 3.63) is 0 Å². The second kappa shape index (κ2) is 9.13. The molecule has 0 radical (unpaired) electrons. The van der Waals surface area contributed by atoms with Gasteiger partial charge in [-0.15, -0.1) is 0 Å². The first kappa shape index (κ1) is 16.0. The van der Waals surface area contributed by atoms with Crippen LogP contribution < -0.4 is 0 Å². The summed E-state index contributed by atoms with van der Waals surface area (Å²) >= 11 is 0. The SMILES string of the molecule is CCCCC(CCC(=O)O)C(=O)O.[Zn]. The van der Waals surface area contributed by atoms with E-state index in [9.17, 15) is 9.59 Å². The van der Waals surface area contributed by atoms with E-state index in [4.69, 9.17) is 10.2 Å². The summed E-state index contributed by atoms with van der Waals surface area (Å²) < 4.78 is 0. The monoisotopic (exact) mass is 252 g/mol. The fraction of sp³-hybridized carbons (Fsp3) is 0.778. The molecule has 14 heavy (non-hydrogen) atoms. The largest absolute Gasteiger partial charge is 0.481 e. The van der Waals surface area contributed by atoms with Crippen LogP contribution in [0.2, 0.25) is 0 Å². The summed E-state index contributed by atoms with van der Waals surface area (Å²) in [5.41, 5.74) is 0. The molecule has 5 heteroatoms. The standard InChI is InChI=1S/C9H16O4.Zn/c1-2-3-4-7(9(12)13)5-6-8(10)11;/h7H,2-6H2,1H3,(H,10,11)(H,12,13);. The predicted octanol–water partition coefficient (Wildman–Crippen LogP) is 1.74. The summed E-state index contributed by atoms with van der Waals surface area (Å²) in [6.45, 7) is 1.98. The van der Waals surface area contributed by atoms with Gasteiger partial charge in [-0.2, -0.15) is 0 Å². The molecule has 0 amide bonds. The number of unbranched alkanes of at least 4 members (excludes halogenated alkanes) is 1. The number of carbonyl (C=O) groups is 2. The molecule has 0 saturated heterocycles. The van der Waals surface area contributed by atoms with E-state index in [1.54, 1.807) is 0 Å². The summed E-state index contributed by atoms with van der Waals surface area (Å²) in [5.74, 6) is -2.30. The van der Waals surface area contributed by atoms with Crippen molar-refractivity contribution in [2.24, 2.45) is 5.92 Å². The summed E-state index contributed by atoms with van der Waals surface area (Å²) in [7, 11) is 0. The van der Waals surface area contributed by atoms with Crippen molar-refractivity contribution < 1.29 is 39.3 Å². The molecule has 0 heterocycles. The second-order valence-electron chi connectivity index (χ2n) is 3.11. The van der Waals surface area contributed by atoms with Crippen LogP contribution in [0.4, 0.5) is 0 Å². The van der Waals surface area contributed by atoms with Crippen LogP contribution in [0.15, 0.2) is 0 Å². The number of hydrogen-bond acceptors (Lipinski definition) is 2. The van der Waals surface area contributed by atoms with Gasteiger partial charge in [0.15, 0.2) is 0 Å². The maximum atomic E-state index is 10.6. The third-order valence-electron chi connectivity index (χ3n) is 1.96. The Bertz CT molecular complexity index is 182. The van der Waals surface area contributed by atoms with E-state index < -0.39 is 17.9 Å². The zero-order valence-corrected chi connectivity index (χ0v) is 11.5. The van der Waals surface area contributed by atoms with Gasteiger partial charge in [-0.3, -0.25) is 9.59 Å². The van der Waals surface area contributed by atoms with Gasteiger partial charge in [-0.1, -0.05) is 19.8 Å². The Hall–Kier alpha value is -0.437. The average molecular weight is 254 g/mol. The van der Waals surface area contributed by atoms with Crippen LogP contribution in [0, 0.1) is 5.92 Å². The van der Waals surface area contributed by atoms with E-state index in [-0.39, 0.29) is 32.3 Å². The summed E-state index contributed by atoms with van der Waals surface area (Å²) in [6, 6.07) is 0. The van der Waals surface area contributed by atoms with Crippen molar-refractivity contribution >= 4 is 11.9 Å². The minimum Gasteiger partial charge on any atom is -0.481 e. The van der Waals surface area contributed by atoms with Gasteiger partial charge in [0.25, 0.3) is 0 Å². The number of carboxylic acid groups (broad SMARTS) is 2. The Kier molecular flexibility index (Phi) is 10.4. The normalized spacial score (nSPS) is 11.5. The summed E-state index contributed by atoms with van der Waals surface area (Å²) in [6.07, 6.45) is 2.55. The molecule has 0 aromatic rings. The minimum absolute atomic E-state index is 0. The molecule has 0 fully saturated rings. The van der Waals surface area contributed by atoms with Crippen molar-refractivity contribution in [2.75, 3.05) is 0 Å². The van der Waals surface area contributed by atoms with Crippen molar-refractivity contribution in [3.8, 4) is 0 Å². The smallest absolute Gasteiger partial charge is 0.306 e. The Balaban J connectivity index is 0. The molecule has 0 aliphatic heterocycles. The molecule has 0 aromatic carbocycles. The summed E-state index contributed by atoms with van der Waals surface area (Å²) in [4.78, 5) is 20.8. The van der Waals surface area contributed by atoms with E-state index in [0.29, 0.717) is 6.42 Å². The molecular formula is C9H16O4Zn. The molecule has 0 spiro atoms. The Morgan fingerprint density at radius 1 is 1.21 bits per heavy atom. The molecule has 0 rings (SSSR count). The minimum atomic E-state index is -0.928. The molecule has 0 aromatic heterocycles. The Morgan fingerprint density at radius 2 is 1.79 bits per heavy atom. The van der Waals surface area contributed by atoms with E-state index in [2.05, 4.69) is 0 Å². The third kappa shape index (κ3) is 8.17. The van der Waals surface area contributed by atoms with Gasteiger partial charge in [-0.25, -0.2) is 0 Å². The second-order valence-corrected chi connectivity index (χ2v) is 3.11. The quantitative estimate of drug-likeness (QED) is 0.678. The molecule has 2 N–H and O–H groups in total. The Morgan fingerprint density at radius 3 is 2.14 bits per heavy atom. The fourth-order valence-electron chi connectivity index (χ4n) is 1.14. The van der Waals surface area contributed by atoms with Gasteiger partial charge in [0.05, 0.1) is 5.92 Å². The first-order valence-corrected chi connectivity index (χ1v) is 4.52. The predicted molar refractivity (Wildman–Crippen MR) is 47.5 cm³/mol. The van der Waals surface area contributed by atoms with Crippen LogP contribution in [-0.2, 0) is 29.1 Å². The van der Waals surface area contributed by atoms with E-state index in [0.717, 1.165) is 12.8 Å². The molecule has 0 aliphatic rings. The first-order chi connectivity index (χ1) is 6.07. The van der Waals surface area contributed by atoms with Crippen LogP contribution in [-0.4, -0.2) is 22.2 Å². The number of rotatable bonds is 7. The molecule has 0 saturated carbocycles. The number of hydrogen-bond donors (Lipinski definition) is 2. The van der Waals surface area contributed by atoms with E-state index in [1.165, 1.54) is 0 Å². The molecule has 78 valence electrons.